The molecule has 11 heteroatoms. The Kier molecular flexibility index (Phi) is 10.1. The van der Waals surface area contributed by atoms with Gasteiger partial charge in [-0.15, -0.1) is 0 Å². The Morgan fingerprint density at radius 1 is 1.05 bits per heavy atom. The number of nitrogens with one attached hydrogen (secondary N) is 2. The number of aromatic nitrogens is 1. The van der Waals surface area contributed by atoms with Crippen LogP contribution in [-0.4, -0.2) is 42.4 Å². The summed E-state index contributed by atoms with van der Waals surface area (Å²) >= 11 is 0. The second-order valence-corrected chi connectivity index (χ2v) is 12.0. The molecule has 0 aliphatic heterocycles. The van der Waals surface area contributed by atoms with E-state index in [2.05, 4.69) is 15.2 Å². The van der Waals surface area contributed by atoms with Gasteiger partial charge in [0.05, 0.1) is 4.90 Å². The zero-order valence-electron chi connectivity index (χ0n) is 23.7. The molecule has 3 rings (SSSR count). The van der Waals surface area contributed by atoms with E-state index in [-0.39, 0.29) is 41.0 Å². The third kappa shape index (κ3) is 7.26. The summed E-state index contributed by atoms with van der Waals surface area (Å²) in [7, 11) is -4.20. The molecular weight excluding hydrogens is 535 g/mol. The van der Waals surface area contributed by atoms with Crippen molar-refractivity contribution in [3.05, 3.63) is 65.7 Å². The summed E-state index contributed by atoms with van der Waals surface area (Å²) in [5.41, 5.74) is 1.79. The molecule has 0 unspecified atom stereocenters. The molecule has 1 aromatic heterocycles. The van der Waals surface area contributed by atoms with E-state index in [1.807, 2.05) is 34.6 Å². The molecule has 2 aromatic carbocycles. The highest BCUT2D eigenvalue weighted by Gasteiger charge is 2.32. The van der Waals surface area contributed by atoms with Gasteiger partial charge < -0.3 is 14.7 Å². The molecule has 0 fully saturated rings. The number of aryl methyl sites for hydroxylation is 1. The van der Waals surface area contributed by atoms with Crippen LogP contribution in [0.3, 0.4) is 0 Å². The highest BCUT2D eigenvalue weighted by Crippen LogP contribution is 2.30. The first-order chi connectivity index (χ1) is 18.9. The van der Waals surface area contributed by atoms with Crippen LogP contribution in [0, 0.1) is 18.7 Å². The molecule has 0 radical (unpaired) electrons. The van der Waals surface area contributed by atoms with Gasteiger partial charge in [-0.05, 0) is 50.3 Å². The zero-order valence-corrected chi connectivity index (χ0v) is 24.5. The molecular formula is C29H37FN4O5S. The zero-order chi connectivity index (χ0) is 29.6. The maximum absolute atomic E-state index is 14.2. The maximum atomic E-state index is 14.2. The van der Waals surface area contributed by atoms with Crippen LogP contribution in [0.1, 0.15) is 58.8 Å². The molecule has 0 aliphatic rings. The number of benzene rings is 2. The van der Waals surface area contributed by atoms with Crippen molar-refractivity contribution in [3.8, 4) is 11.1 Å². The quantitative estimate of drug-likeness (QED) is 0.305. The van der Waals surface area contributed by atoms with Crippen molar-refractivity contribution in [2.45, 2.75) is 77.9 Å². The van der Waals surface area contributed by atoms with E-state index in [4.69, 9.17) is 4.52 Å². The van der Waals surface area contributed by atoms with Gasteiger partial charge in [0, 0.05) is 24.6 Å². The van der Waals surface area contributed by atoms with E-state index in [0.29, 0.717) is 24.0 Å². The fraction of sp³-hybridized carbons (Fsp3) is 0.414. The molecule has 2 N–H and O–H groups in total. The first-order valence-corrected chi connectivity index (χ1v) is 14.8. The van der Waals surface area contributed by atoms with Crippen LogP contribution in [0.2, 0.25) is 0 Å². The number of amides is 2. The number of sulfonamides is 1. The summed E-state index contributed by atoms with van der Waals surface area (Å²) in [6.45, 7) is 11.1. The molecule has 3 aromatic rings. The van der Waals surface area contributed by atoms with Crippen molar-refractivity contribution < 1.29 is 26.9 Å². The largest absolute Gasteiger partial charge is 0.356 e. The van der Waals surface area contributed by atoms with E-state index in [1.165, 1.54) is 13.0 Å². The van der Waals surface area contributed by atoms with Crippen LogP contribution in [0.25, 0.3) is 11.1 Å². The van der Waals surface area contributed by atoms with Crippen LogP contribution in [0.4, 0.5) is 10.2 Å². The predicted molar refractivity (Wildman–Crippen MR) is 151 cm³/mol. The van der Waals surface area contributed by atoms with Crippen molar-refractivity contribution in [1.82, 2.24) is 15.4 Å². The Hall–Kier alpha value is -3.73. The number of nitrogens with zero attached hydrogens (tertiary/aromatic N) is 2. The minimum absolute atomic E-state index is 0.0622. The van der Waals surface area contributed by atoms with Crippen LogP contribution >= 0.6 is 0 Å². The minimum atomic E-state index is -4.20. The van der Waals surface area contributed by atoms with Gasteiger partial charge in [-0.25, -0.2) is 8.42 Å². The number of halogens is 1. The minimum Gasteiger partial charge on any atom is -0.356 e. The number of hydrogen-bond donors (Lipinski definition) is 2. The molecule has 0 saturated carbocycles. The van der Waals surface area contributed by atoms with Crippen LogP contribution in [0.5, 0.6) is 0 Å². The Morgan fingerprint density at radius 3 is 2.25 bits per heavy atom. The van der Waals surface area contributed by atoms with E-state index in [0.717, 1.165) is 5.56 Å². The van der Waals surface area contributed by atoms with E-state index in [1.54, 1.807) is 47.4 Å². The first-order valence-electron chi connectivity index (χ1n) is 13.3. The first kappa shape index (κ1) is 30.8. The SMILES string of the molecule is CCCC(=O)N(Cc1ccc(-c2ccccc2S(=O)(=O)Nc2noc(C)c2F)cc1)[C@H](C(=O)NC(C)C)C(C)C. The van der Waals surface area contributed by atoms with Crippen molar-refractivity contribution >= 4 is 27.7 Å². The molecule has 1 heterocycles. The molecule has 2 amide bonds. The number of carbonyl (C=O) groups is 2. The summed E-state index contributed by atoms with van der Waals surface area (Å²) in [4.78, 5) is 27.8. The molecule has 0 saturated heterocycles. The van der Waals surface area contributed by atoms with Crippen molar-refractivity contribution in [1.29, 1.82) is 0 Å². The van der Waals surface area contributed by atoms with Gasteiger partial charge in [-0.3, -0.25) is 14.3 Å². The predicted octanol–water partition coefficient (Wildman–Crippen LogP) is 5.27. The van der Waals surface area contributed by atoms with E-state index in [9.17, 15) is 22.4 Å². The van der Waals surface area contributed by atoms with Crippen molar-refractivity contribution in [2.24, 2.45) is 5.92 Å². The highest BCUT2D eigenvalue weighted by atomic mass is 32.2. The van der Waals surface area contributed by atoms with Crippen molar-refractivity contribution in [3.63, 3.8) is 0 Å². The molecule has 0 spiro atoms. The molecule has 216 valence electrons. The average Bonchev–Trinajstić information content (AvgIpc) is 3.20. The number of anilines is 1. The monoisotopic (exact) mass is 572 g/mol. The lowest BCUT2D eigenvalue weighted by Gasteiger charge is -2.34. The van der Waals surface area contributed by atoms with Gasteiger partial charge in [0.1, 0.15) is 6.04 Å². The second kappa shape index (κ2) is 13.1. The van der Waals surface area contributed by atoms with Gasteiger partial charge in [-0.1, -0.05) is 68.4 Å². The lowest BCUT2D eigenvalue weighted by molar-refractivity contribution is -0.143. The van der Waals surface area contributed by atoms with E-state index >= 15 is 0 Å². The van der Waals surface area contributed by atoms with Gasteiger partial charge in [-0.2, -0.15) is 4.39 Å². The van der Waals surface area contributed by atoms with Gasteiger partial charge >= 0.3 is 0 Å². The summed E-state index contributed by atoms with van der Waals surface area (Å²) < 4.78 is 47.3. The van der Waals surface area contributed by atoms with Crippen LogP contribution < -0.4 is 10.0 Å². The summed E-state index contributed by atoms with van der Waals surface area (Å²) in [6, 6.07) is 12.8. The average molecular weight is 573 g/mol. The normalized spacial score (nSPS) is 12.4. The number of carbonyl (C=O) groups excluding carboxylic acids is 2. The molecule has 0 bridgehead atoms. The third-order valence-electron chi connectivity index (χ3n) is 6.27. The maximum Gasteiger partial charge on any atom is 0.263 e. The lowest BCUT2D eigenvalue weighted by atomic mass is 9.98. The summed E-state index contributed by atoms with van der Waals surface area (Å²) in [6.07, 6.45) is 0.974. The standard InChI is InChI=1S/C29H37FN4O5S/c1-7-10-25(35)34(27(18(2)3)29(36)31-19(4)5)17-21-13-15-22(16-14-21)23-11-8-9-12-24(23)40(37,38)33-28-26(30)20(6)39-32-28/h8-9,11-16,18-19,27H,7,10,17H2,1-6H3,(H,31,36)(H,32,33)/t27-/m0/s1. The smallest absolute Gasteiger partial charge is 0.263 e. The Balaban J connectivity index is 1.92. The van der Waals surface area contributed by atoms with Crippen LogP contribution in [0.15, 0.2) is 57.9 Å². The third-order valence-corrected chi connectivity index (χ3v) is 7.66. The highest BCUT2D eigenvalue weighted by molar-refractivity contribution is 7.92. The topological polar surface area (TPSA) is 122 Å². The summed E-state index contributed by atoms with van der Waals surface area (Å²) in [5, 5.41) is 6.38. The fourth-order valence-corrected chi connectivity index (χ4v) is 5.63. The Labute approximate surface area is 235 Å². The number of hydrogen-bond acceptors (Lipinski definition) is 6. The fourth-order valence-electron chi connectivity index (χ4n) is 4.41. The molecule has 40 heavy (non-hydrogen) atoms. The van der Waals surface area contributed by atoms with Gasteiger partial charge in [0.25, 0.3) is 10.0 Å². The Morgan fingerprint density at radius 2 is 1.70 bits per heavy atom. The lowest BCUT2D eigenvalue weighted by Crippen LogP contribution is -2.53. The molecule has 0 aliphatic carbocycles. The second-order valence-electron chi connectivity index (χ2n) is 10.3. The molecule has 1 atom stereocenters. The van der Waals surface area contributed by atoms with Gasteiger partial charge in [0.2, 0.25) is 23.4 Å². The Bertz CT molecular complexity index is 1430. The van der Waals surface area contributed by atoms with Gasteiger partial charge in [0.15, 0.2) is 5.76 Å². The summed E-state index contributed by atoms with van der Waals surface area (Å²) in [5.74, 6) is -1.94. The van der Waals surface area contributed by atoms with E-state index < -0.39 is 27.7 Å². The van der Waals surface area contributed by atoms with Crippen LogP contribution in [-0.2, 0) is 26.2 Å². The molecule has 9 nitrogen and oxygen atoms in total. The number of rotatable bonds is 12. The van der Waals surface area contributed by atoms with Crippen molar-refractivity contribution in [2.75, 3.05) is 4.72 Å².